The molecule has 0 saturated heterocycles. The van der Waals surface area contributed by atoms with Crippen LogP contribution in [0.1, 0.15) is 12.5 Å². The molecule has 2 aromatic carbocycles. The minimum absolute atomic E-state index is 0.0955. The lowest BCUT2D eigenvalue weighted by Crippen LogP contribution is -2.41. The predicted octanol–water partition coefficient (Wildman–Crippen LogP) is 2.96. The Kier molecular flexibility index (Phi) is 6.05. The lowest BCUT2D eigenvalue weighted by atomic mass is 10.2. The molecule has 0 radical (unpaired) electrons. The second-order valence-electron chi connectivity index (χ2n) is 5.49. The third-order valence-electron chi connectivity index (χ3n) is 3.48. The Morgan fingerprint density at radius 2 is 1.80 bits per heavy atom. The maximum atomic E-state index is 12.4. The van der Waals surface area contributed by atoms with Crippen molar-refractivity contribution in [1.82, 2.24) is 4.72 Å². The number of nitrogens with one attached hydrogen (secondary N) is 2. The normalized spacial score (nSPS) is 12.5. The van der Waals surface area contributed by atoms with Gasteiger partial charge in [0.05, 0.1) is 23.7 Å². The third-order valence-corrected chi connectivity index (χ3v) is 5.27. The predicted molar refractivity (Wildman–Crippen MR) is 97.6 cm³/mol. The lowest BCUT2D eigenvalue weighted by Gasteiger charge is -2.16. The average molecular weight is 383 g/mol. The molecule has 0 saturated carbocycles. The SMILES string of the molecule is COc1ccc(Cl)cc1NC(=O)[C@H](C)NS(=O)(=O)c1ccc(C)cc1. The van der Waals surface area contributed by atoms with Crippen LogP contribution in [0.5, 0.6) is 5.75 Å². The number of carbonyl (C=O) groups excluding carboxylic acids is 1. The maximum absolute atomic E-state index is 12.4. The van der Waals surface area contributed by atoms with Crippen molar-refractivity contribution in [2.45, 2.75) is 24.8 Å². The van der Waals surface area contributed by atoms with Gasteiger partial charge in [-0.3, -0.25) is 4.79 Å². The first-order chi connectivity index (χ1) is 11.7. The molecule has 0 spiro atoms. The molecule has 8 heteroatoms. The van der Waals surface area contributed by atoms with Crippen molar-refractivity contribution in [3.63, 3.8) is 0 Å². The molecule has 2 rings (SSSR count). The molecule has 0 bridgehead atoms. The van der Waals surface area contributed by atoms with Crippen LogP contribution in [0.2, 0.25) is 5.02 Å². The van der Waals surface area contributed by atoms with Crippen LogP contribution in [0.4, 0.5) is 5.69 Å². The number of hydrogen-bond acceptors (Lipinski definition) is 4. The number of ether oxygens (including phenoxy) is 1. The quantitative estimate of drug-likeness (QED) is 0.804. The highest BCUT2D eigenvalue weighted by Gasteiger charge is 2.22. The van der Waals surface area contributed by atoms with Crippen LogP contribution in [0.15, 0.2) is 47.4 Å². The number of rotatable bonds is 6. The highest BCUT2D eigenvalue weighted by Crippen LogP contribution is 2.27. The number of sulfonamides is 1. The van der Waals surface area contributed by atoms with Crippen molar-refractivity contribution in [3.05, 3.63) is 53.1 Å². The minimum Gasteiger partial charge on any atom is -0.495 e. The molecular weight excluding hydrogens is 364 g/mol. The first kappa shape index (κ1) is 19.2. The van der Waals surface area contributed by atoms with Crippen LogP contribution in [-0.2, 0) is 14.8 Å². The number of amides is 1. The molecule has 6 nitrogen and oxygen atoms in total. The Morgan fingerprint density at radius 3 is 2.40 bits per heavy atom. The maximum Gasteiger partial charge on any atom is 0.242 e. The molecule has 25 heavy (non-hydrogen) atoms. The van der Waals surface area contributed by atoms with E-state index in [-0.39, 0.29) is 4.90 Å². The van der Waals surface area contributed by atoms with Crippen molar-refractivity contribution in [3.8, 4) is 5.75 Å². The number of halogens is 1. The number of carbonyl (C=O) groups is 1. The minimum atomic E-state index is -3.81. The molecule has 0 fully saturated rings. The Labute approximate surface area is 152 Å². The summed E-state index contributed by atoms with van der Waals surface area (Å²) in [6.45, 7) is 3.32. The first-order valence-electron chi connectivity index (χ1n) is 7.46. The Balaban J connectivity index is 2.12. The second kappa shape index (κ2) is 7.86. The number of methoxy groups -OCH3 is 1. The van der Waals surface area contributed by atoms with E-state index in [0.717, 1.165) is 5.56 Å². The molecule has 0 aliphatic carbocycles. The molecule has 2 N–H and O–H groups in total. The van der Waals surface area contributed by atoms with Gasteiger partial charge in [-0.2, -0.15) is 4.72 Å². The van der Waals surface area contributed by atoms with Gasteiger partial charge < -0.3 is 10.1 Å². The molecule has 0 aromatic heterocycles. The Morgan fingerprint density at radius 1 is 1.16 bits per heavy atom. The molecule has 134 valence electrons. The van der Waals surface area contributed by atoms with E-state index in [0.29, 0.717) is 16.5 Å². The van der Waals surface area contributed by atoms with Gasteiger partial charge in [-0.05, 0) is 44.2 Å². The van der Waals surface area contributed by atoms with Crippen molar-refractivity contribution >= 4 is 33.2 Å². The molecular formula is C17H19ClN2O4S. The number of benzene rings is 2. The van der Waals surface area contributed by atoms with E-state index in [2.05, 4.69) is 10.0 Å². The average Bonchev–Trinajstić information content (AvgIpc) is 2.55. The van der Waals surface area contributed by atoms with Crippen molar-refractivity contribution in [1.29, 1.82) is 0 Å². The van der Waals surface area contributed by atoms with Crippen LogP contribution in [0, 0.1) is 6.92 Å². The highest BCUT2D eigenvalue weighted by molar-refractivity contribution is 7.89. The monoisotopic (exact) mass is 382 g/mol. The Hall–Kier alpha value is -2.09. The van der Waals surface area contributed by atoms with Crippen molar-refractivity contribution in [2.75, 3.05) is 12.4 Å². The summed E-state index contributed by atoms with van der Waals surface area (Å²) in [5.74, 6) is -0.109. The largest absolute Gasteiger partial charge is 0.495 e. The molecule has 0 aliphatic heterocycles. The molecule has 1 atom stereocenters. The number of hydrogen-bond donors (Lipinski definition) is 2. The van der Waals surface area contributed by atoms with E-state index < -0.39 is 22.0 Å². The van der Waals surface area contributed by atoms with Crippen LogP contribution in [0.3, 0.4) is 0 Å². The van der Waals surface area contributed by atoms with Gasteiger partial charge in [-0.1, -0.05) is 29.3 Å². The molecule has 2 aromatic rings. The summed E-state index contributed by atoms with van der Waals surface area (Å²) in [4.78, 5) is 12.4. The summed E-state index contributed by atoms with van der Waals surface area (Å²) in [7, 11) is -2.34. The van der Waals surface area contributed by atoms with Gasteiger partial charge in [-0.25, -0.2) is 8.42 Å². The van der Waals surface area contributed by atoms with E-state index in [1.165, 1.54) is 32.2 Å². The van der Waals surface area contributed by atoms with Gasteiger partial charge >= 0.3 is 0 Å². The summed E-state index contributed by atoms with van der Waals surface area (Å²) in [5, 5.41) is 3.03. The van der Waals surface area contributed by atoms with E-state index in [9.17, 15) is 13.2 Å². The van der Waals surface area contributed by atoms with E-state index in [4.69, 9.17) is 16.3 Å². The summed E-state index contributed by atoms with van der Waals surface area (Å²) in [5.41, 5.74) is 1.30. The van der Waals surface area contributed by atoms with Crippen molar-refractivity contribution < 1.29 is 17.9 Å². The van der Waals surface area contributed by atoms with Crippen LogP contribution in [-0.4, -0.2) is 27.5 Å². The van der Waals surface area contributed by atoms with E-state index in [1.807, 2.05) is 6.92 Å². The standard InChI is InChI=1S/C17H19ClN2O4S/c1-11-4-7-14(8-5-11)25(22,23)20-12(2)17(21)19-15-10-13(18)6-9-16(15)24-3/h4-10,12,20H,1-3H3,(H,19,21)/t12-/m0/s1. The van der Waals surface area contributed by atoms with Gasteiger partial charge in [0.15, 0.2) is 0 Å². The third kappa shape index (κ3) is 4.94. The smallest absolute Gasteiger partial charge is 0.242 e. The van der Waals surface area contributed by atoms with Gasteiger partial charge in [0.1, 0.15) is 5.75 Å². The lowest BCUT2D eigenvalue weighted by molar-refractivity contribution is -0.117. The zero-order valence-electron chi connectivity index (χ0n) is 14.0. The van der Waals surface area contributed by atoms with Gasteiger partial charge in [0, 0.05) is 5.02 Å². The molecule has 0 aliphatic rings. The summed E-state index contributed by atoms with van der Waals surface area (Å²) < 4.78 is 32.2. The zero-order chi connectivity index (χ0) is 18.6. The molecule has 1 amide bonds. The number of anilines is 1. The molecule has 0 unspecified atom stereocenters. The van der Waals surface area contributed by atoms with Gasteiger partial charge in [0.25, 0.3) is 0 Å². The fraction of sp³-hybridized carbons (Fsp3) is 0.235. The van der Waals surface area contributed by atoms with Crippen LogP contribution < -0.4 is 14.8 Å². The molecule has 0 heterocycles. The highest BCUT2D eigenvalue weighted by atomic mass is 35.5. The van der Waals surface area contributed by atoms with Gasteiger partial charge in [0.2, 0.25) is 15.9 Å². The zero-order valence-corrected chi connectivity index (χ0v) is 15.6. The fourth-order valence-corrected chi connectivity index (χ4v) is 3.47. The summed E-state index contributed by atoms with van der Waals surface area (Å²) in [6.07, 6.45) is 0. The van der Waals surface area contributed by atoms with Crippen LogP contribution >= 0.6 is 11.6 Å². The fourth-order valence-electron chi connectivity index (χ4n) is 2.09. The number of aryl methyl sites for hydroxylation is 1. The Bertz CT molecular complexity index is 867. The van der Waals surface area contributed by atoms with Crippen molar-refractivity contribution in [2.24, 2.45) is 0 Å². The van der Waals surface area contributed by atoms with E-state index in [1.54, 1.807) is 24.3 Å². The summed E-state index contributed by atoms with van der Waals surface area (Å²) >= 11 is 5.92. The topological polar surface area (TPSA) is 84.5 Å². The van der Waals surface area contributed by atoms with Crippen LogP contribution in [0.25, 0.3) is 0 Å². The summed E-state index contributed by atoms with van der Waals surface area (Å²) in [6, 6.07) is 10.1. The van der Waals surface area contributed by atoms with E-state index >= 15 is 0 Å². The first-order valence-corrected chi connectivity index (χ1v) is 9.32. The second-order valence-corrected chi connectivity index (χ2v) is 7.64. The van der Waals surface area contributed by atoms with Gasteiger partial charge in [-0.15, -0.1) is 0 Å².